The highest BCUT2D eigenvalue weighted by molar-refractivity contribution is 6.00. The monoisotopic (exact) mass is 289 g/mol. The lowest BCUT2D eigenvalue weighted by molar-refractivity contribution is 0.0828. The summed E-state index contributed by atoms with van der Waals surface area (Å²) >= 11 is 0. The second-order valence-corrected chi connectivity index (χ2v) is 6.35. The van der Waals surface area contributed by atoms with Crippen molar-refractivity contribution >= 4 is 17.3 Å². The summed E-state index contributed by atoms with van der Waals surface area (Å²) < 4.78 is 0. The van der Waals surface area contributed by atoms with Crippen molar-refractivity contribution in [2.75, 3.05) is 37.8 Å². The van der Waals surface area contributed by atoms with Crippen LogP contribution in [0.1, 0.15) is 43.5 Å². The van der Waals surface area contributed by atoms with E-state index in [9.17, 15) is 4.79 Å². The summed E-state index contributed by atoms with van der Waals surface area (Å²) in [5, 5.41) is 0. The fraction of sp³-hybridized carbons (Fsp3) is 0.588. The molecule has 116 valence electrons. The van der Waals surface area contributed by atoms with Gasteiger partial charge in [0.1, 0.15) is 0 Å². The Morgan fingerprint density at radius 2 is 2.00 bits per heavy atom. The summed E-state index contributed by atoms with van der Waals surface area (Å²) in [7, 11) is 3.57. The number of nitrogens with two attached hydrogens (primary N) is 1. The van der Waals surface area contributed by atoms with Crippen LogP contribution >= 0.6 is 0 Å². The van der Waals surface area contributed by atoms with Crippen molar-refractivity contribution in [3.63, 3.8) is 0 Å². The van der Waals surface area contributed by atoms with Crippen LogP contribution < -0.4 is 10.6 Å². The summed E-state index contributed by atoms with van der Waals surface area (Å²) in [6, 6.07) is 5.60. The second kappa shape index (κ2) is 5.96. The van der Waals surface area contributed by atoms with Gasteiger partial charge in [-0.3, -0.25) is 4.79 Å². The van der Waals surface area contributed by atoms with E-state index in [-0.39, 0.29) is 5.91 Å². The molecule has 0 aliphatic carbocycles. The third-order valence-electron chi connectivity index (χ3n) is 4.94. The Balaban J connectivity index is 2.36. The minimum absolute atomic E-state index is 0.0375. The van der Waals surface area contributed by atoms with Gasteiger partial charge in [0.15, 0.2) is 0 Å². The van der Waals surface area contributed by atoms with Gasteiger partial charge in [0.2, 0.25) is 0 Å². The molecule has 1 aromatic rings. The van der Waals surface area contributed by atoms with E-state index in [1.807, 2.05) is 18.2 Å². The summed E-state index contributed by atoms with van der Waals surface area (Å²) in [5.41, 5.74) is 8.78. The molecule has 0 saturated carbocycles. The van der Waals surface area contributed by atoms with Crippen molar-refractivity contribution in [2.24, 2.45) is 5.41 Å². The molecule has 21 heavy (non-hydrogen) atoms. The summed E-state index contributed by atoms with van der Waals surface area (Å²) in [6.07, 6.45) is 3.54. The lowest BCUT2D eigenvalue weighted by Gasteiger charge is -2.28. The summed E-state index contributed by atoms with van der Waals surface area (Å²) in [4.78, 5) is 16.3. The normalized spacial score (nSPS) is 17.0. The molecule has 1 heterocycles. The number of amides is 1. The van der Waals surface area contributed by atoms with E-state index < -0.39 is 0 Å². The predicted molar refractivity (Wildman–Crippen MR) is 88.7 cm³/mol. The molecule has 0 atom stereocenters. The number of carbonyl (C=O) groups excluding carboxylic acids is 1. The molecule has 1 aliphatic heterocycles. The Morgan fingerprint density at radius 1 is 1.33 bits per heavy atom. The summed E-state index contributed by atoms with van der Waals surface area (Å²) in [6.45, 7) is 6.53. The molecular formula is C17H27N3O. The van der Waals surface area contributed by atoms with E-state index in [0.717, 1.165) is 24.3 Å². The van der Waals surface area contributed by atoms with Crippen molar-refractivity contribution in [2.45, 2.75) is 33.1 Å². The molecule has 4 nitrogen and oxygen atoms in total. The van der Waals surface area contributed by atoms with Crippen molar-refractivity contribution in [3.8, 4) is 0 Å². The third kappa shape index (κ3) is 2.99. The number of benzene rings is 1. The molecule has 1 fully saturated rings. The lowest BCUT2D eigenvalue weighted by Crippen LogP contribution is -2.29. The van der Waals surface area contributed by atoms with Crippen molar-refractivity contribution in [1.29, 1.82) is 0 Å². The van der Waals surface area contributed by atoms with Crippen LogP contribution in [-0.2, 0) is 0 Å². The smallest absolute Gasteiger partial charge is 0.255 e. The van der Waals surface area contributed by atoms with Crippen LogP contribution in [-0.4, -0.2) is 38.0 Å². The fourth-order valence-electron chi connectivity index (χ4n) is 3.20. The lowest BCUT2D eigenvalue weighted by atomic mass is 9.82. The van der Waals surface area contributed by atoms with Gasteiger partial charge in [0.05, 0.1) is 11.3 Å². The number of carbonyl (C=O) groups is 1. The molecule has 0 spiro atoms. The highest BCUT2D eigenvalue weighted by Crippen LogP contribution is 2.40. The first kappa shape index (κ1) is 15.7. The van der Waals surface area contributed by atoms with Gasteiger partial charge >= 0.3 is 0 Å². The molecule has 4 heteroatoms. The van der Waals surface area contributed by atoms with E-state index in [1.165, 1.54) is 19.3 Å². The zero-order valence-electron chi connectivity index (χ0n) is 13.6. The van der Waals surface area contributed by atoms with Gasteiger partial charge in [-0.25, -0.2) is 0 Å². The minimum atomic E-state index is 0.0375. The molecule has 2 N–H and O–H groups in total. The topological polar surface area (TPSA) is 49.6 Å². The van der Waals surface area contributed by atoms with Crippen LogP contribution in [0.3, 0.4) is 0 Å². The zero-order valence-corrected chi connectivity index (χ0v) is 13.6. The second-order valence-electron chi connectivity index (χ2n) is 6.35. The predicted octanol–water partition coefficient (Wildman–Crippen LogP) is 2.99. The van der Waals surface area contributed by atoms with E-state index in [1.54, 1.807) is 19.0 Å². The Labute approximate surface area is 127 Å². The number of anilines is 2. The van der Waals surface area contributed by atoms with E-state index in [4.69, 9.17) is 5.73 Å². The van der Waals surface area contributed by atoms with Crippen LogP contribution in [0.15, 0.2) is 18.2 Å². The molecule has 2 rings (SSSR count). The van der Waals surface area contributed by atoms with E-state index in [0.29, 0.717) is 11.1 Å². The molecule has 0 aromatic heterocycles. The van der Waals surface area contributed by atoms with Crippen molar-refractivity contribution in [3.05, 3.63) is 23.8 Å². The Kier molecular flexibility index (Phi) is 4.45. The van der Waals surface area contributed by atoms with Gasteiger partial charge in [-0.2, -0.15) is 0 Å². The molecular weight excluding hydrogens is 262 g/mol. The molecule has 1 saturated heterocycles. The number of hydrogen-bond donors (Lipinski definition) is 1. The average Bonchev–Trinajstić information content (AvgIpc) is 2.91. The van der Waals surface area contributed by atoms with Crippen LogP contribution in [0.5, 0.6) is 0 Å². The highest BCUT2D eigenvalue weighted by atomic mass is 16.2. The van der Waals surface area contributed by atoms with Gasteiger partial charge in [0, 0.05) is 32.9 Å². The first-order chi connectivity index (χ1) is 9.92. The van der Waals surface area contributed by atoms with Gasteiger partial charge in [0.25, 0.3) is 5.91 Å². The van der Waals surface area contributed by atoms with Crippen LogP contribution in [0.4, 0.5) is 11.4 Å². The molecule has 0 bridgehead atoms. The van der Waals surface area contributed by atoms with Crippen LogP contribution in [0.2, 0.25) is 0 Å². The van der Waals surface area contributed by atoms with Gasteiger partial charge < -0.3 is 15.5 Å². The Bertz CT molecular complexity index is 521. The Hall–Kier alpha value is -1.71. The first-order valence-electron chi connectivity index (χ1n) is 7.78. The molecule has 1 aliphatic rings. The standard InChI is InChI=1S/C17H27N3O/c1-5-17(6-2)9-10-20(12-17)15-11-13(18)7-8-14(15)16(21)19(3)4/h7-8,11H,5-6,9-10,12,18H2,1-4H3. The van der Waals surface area contributed by atoms with Gasteiger partial charge in [-0.1, -0.05) is 13.8 Å². The number of hydrogen-bond acceptors (Lipinski definition) is 3. The number of rotatable bonds is 4. The van der Waals surface area contributed by atoms with E-state index >= 15 is 0 Å². The SMILES string of the molecule is CCC1(CC)CCN(c2cc(N)ccc2C(=O)N(C)C)C1. The number of nitrogen functional groups attached to an aromatic ring is 1. The zero-order chi connectivity index (χ0) is 15.6. The average molecular weight is 289 g/mol. The van der Waals surface area contributed by atoms with Crippen molar-refractivity contribution < 1.29 is 4.79 Å². The van der Waals surface area contributed by atoms with Crippen molar-refractivity contribution in [1.82, 2.24) is 4.90 Å². The van der Waals surface area contributed by atoms with Gasteiger partial charge in [-0.15, -0.1) is 0 Å². The quantitative estimate of drug-likeness (QED) is 0.867. The maximum Gasteiger partial charge on any atom is 0.255 e. The van der Waals surface area contributed by atoms with Gasteiger partial charge in [-0.05, 0) is 42.9 Å². The number of nitrogens with zero attached hydrogens (tertiary/aromatic N) is 2. The molecule has 1 aromatic carbocycles. The molecule has 1 amide bonds. The maximum atomic E-state index is 12.4. The third-order valence-corrected chi connectivity index (χ3v) is 4.94. The molecule has 0 radical (unpaired) electrons. The maximum absolute atomic E-state index is 12.4. The highest BCUT2D eigenvalue weighted by Gasteiger charge is 2.36. The first-order valence-corrected chi connectivity index (χ1v) is 7.78. The fourth-order valence-corrected chi connectivity index (χ4v) is 3.20. The van der Waals surface area contributed by atoms with Crippen LogP contribution in [0.25, 0.3) is 0 Å². The molecule has 0 unspecified atom stereocenters. The van der Waals surface area contributed by atoms with Crippen LogP contribution in [0, 0.1) is 5.41 Å². The largest absolute Gasteiger partial charge is 0.399 e. The summed E-state index contributed by atoms with van der Waals surface area (Å²) in [5.74, 6) is 0.0375. The Morgan fingerprint density at radius 3 is 2.52 bits per heavy atom. The van der Waals surface area contributed by atoms with E-state index in [2.05, 4.69) is 18.7 Å². The minimum Gasteiger partial charge on any atom is -0.399 e.